The third-order valence-electron chi connectivity index (χ3n) is 13.7. The monoisotopic (exact) mass is 670 g/mol. The van der Waals surface area contributed by atoms with Gasteiger partial charge in [-0.3, -0.25) is 0 Å². The summed E-state index contributed by atoms with van der Waals surface area (Å²) in [6.45, 7) is 53.0. The molecule has 0 nitrogen and oxygen atoms in total. The molecule has 0 fully saturated rings. The van der Waals surface area contributed by atoms with Crippen LogP contribution in [0.25, 0.3) is 0 Å². The van der Waals surface area contributed by atoms with E-state index in [0.717, 1.165) is 0 Å². The van der Waals surface area contributed by atoms with E-state index in [-0.39, 0.29) is 0 Å². The molecule has 0 aliphatic heterocycles. The van der Waals surface area contributed by atoms with Gasteiger partial charge in [0.2, 0.25) is 0 Å². The van der Waals surface area contributed by atoms with Gasteiger partial charge < -0.3 is 0 Å². The number of rotatable bonds is 6. The number of allylic oxidation sites excluding steroid dienone is 4. The molecule has 0 bridgehead atoms. The second kappa shape index (κ2) is 11.6. The highest BCUT2D eigenvalue weighted by Gasteiger charge is 2.68. The summed E-state index contributed by atoms with van der Waals surface area (Å²) in [4.78, 5) is 0. The Morgan fingerprint density at radius 2 is 0.833 bits per heavy atom. The maximum atomic E-state index is 2.81. The SMILES string of the molecule is CC(C)(C)[Si](C)(C)[Si](=C1C=CC([Si](c2ccccc2)([Si](C)(C)C(C)(C)C)[Si](C)(C)C(C)(C)C)C=C1)[Si](C)(C)C(C)(C)C. The van der Waals surface area contributed by atoms with Crippen LogP contribution >= 0.6 is 0 Å². The lowest BCUT2D eigenvalue weighted by Gasteiger charge is -2.64. The normalized spacial score (nSPS) is 18.5. The quantitative estimate of drug-likeness (QED) is 0.264. The van der Waals surface area contributed by atoms with Crippen LogP contribution in [-0.2, 0) is 0 Å². The molecule has 238 valence electrons. The molecule has 0 saturated carbocycles. The lowest BCUT2D eigenvalue weighted by Crippen LogP contribution is -2.85. The van der Waals surface area contributed by atoms with Crippen molar-refractivity contribution in [3.05, 3.63) is 54.6 Å². The van der Waals surface area contributed by atoms with Crippen molar-refractivity contribution in [3.8, 4) is 0 Å². The minimum atomic E-state index is -2.10. The molecule has 0 spiro atoms. The van der Waals surface area contributed by atoms with E-state index in [1.807, 2.05) is 0 Å². The molecule has 0 N–H and O–H groups in total. The zero-order valence-electron chi connectivity index (χ0n) is 31.8. The van der Waals surface area contributed by atoms with Crippen molar-refractivity contribution in [2.75, 3.05) is 0 Å². The van der Waals surface area contributed by atoms with Gasteiger partial charge in [-0.25, -0.2) is 0 Å². The topological polar surface area (TPSA) is 0 Å². The molecule has 1 aromatic carbocycles. The highest BCUT2D eigenvalue weighted by atomic mass is 29.6. The number of hydrogen-bond donors (Lipinski definition) is 0. The smallest absolute Gasteiger partial charge is 0.0803 e. The van der Waals surface area contributed by atoms with E-state index >= 15 is 0 Å². The van der Waals surface area contributed by atoms with Gasteiger partial charge in [-0.1, -0.05) is 200 Å². The molecule has 1 aliphatic carbocycles. The first-order valence-corrected chi connectivity index (χ1v) is 36.2. The summed E-state index contributed by atoms with van der Waals surface area (Å²) in [6.07, 6.45) is 11.1. The predicted molar refractivity (Wildman–Crippen MR) is 213 cm³/mol. The van der Waals surface area contributed by atoms with Crippen molar-refractivity contribution in [1.82, 2.24) is 0 Å². The Bertz CT molecular complexity index is 1130. The maximum absolute atomic E-state index is 2.81. The van der Waals surface area contributed by atoms with Gasteiger partial charge in [-0.2, -0.15) is 0 Å². The molecule has 0 saturated heterocycles. The molecule has 6 heteroatoms. The van der Waals surface area contributed by atoms with Crippen molar-refractivity contribution in [2.45, 2.75) is 161 Å². The summed E-state index contributed by atoms with van der Waals surface area (Å²) in [6, 6.07) is 12.1. The third kappa shape index (κ3) is 6.04. The highest BCUT2D eigenvalue weighted by molar-refractivity contribution is 7.74. The van der Waals surface area contributed by atoms with Crippen LogP contribution in [0.2, 0.25) is 78.1 Å². The highest BCUT2D eigenvalue weighted by Crippen LogP contribution is 2.56. The Morgan fingerprint density at radius 3 is 1.12 bits per heavy atom. The van der Waals surface area contributed by atoms with Gasteiger partial charge in [0.15, 0.2) is 0 Å². The summed E-state index contributed by atoms with van der Waals surface area (Å²) in [5.41, 5.74) is 0.563. The van der Waals surface area contributed by atoms with Crippen molar-refractivity contribution in [3.63, 3.8) is 0 Å². The van der Waals surface area contributed by atoms with E-state index in [4.69, 9.17) is 0 Å². The minimum Gasteiger partial charge on any atom is -0.0803 e. The zero-order valence-corrected chi connectivity index (χ0v) is 37.8. The van der Waals surface area contributed by atoms with Gasteiger partial charge in [0.05, 0.1) is 37.5 Å². The second-order valence-corrected chi connectivity index (χ2v) is 68.7. The second-order valence-electron chi connectivity index (χ2n) is 19.7. The molecule has 1 aliphatic rings. The van der Waals surface area contributed by atoms with E-state index in [2.05, 4.69) is 190 Å². The van der Waals surface area contributed by atoms with Crippen LogP contribution in [-0.4, -0.2) is 50.1 Å². The molecule has 0 radical (unpaired) electrons. The number of hydrogen-bond acceptors (Lipinski definition) is 0. The first kappa shape index (κ1) is 38.1. The first-order chi connectivity index (χ1) is 18.4. The van der Waals surface area contributed by atoms with E-state index in [0.29, 0.717) is 25.7 Å². The standard InChI is InChI=1S/C36H70Si6/c1-33(2,3)38(13,14)37(39(15,16)34(4,5)6)30-26-28-32(29-27-30)42(31-24-22-21-23-25-31,40(17,18)35(7,8)9)41(19,20)36(10,11)12/h21-29,32H,1-20H3. The van der Waals surface area contributed by atoms with Gasteiger partial charge in [0, 0.05) is 7.44 Å². The summed E-state index contributed by atoms with van der Waals surface area (Å²) in [5, 5.41) is 4.95. The van der Waals surface area contributed by atoms with Crippen molar-refractivity contribution < 1.29 is 0 Å². The molecule has 0 unspecified atom stereocenters. The molecule has 2 rings (SSSR count). The van der Waals surface area contributed by atoms with Gasteiger partial charge in [-0.05, 0) is 25.7 Å². The van der Waals surface area contributed by atoms with Crippen LogP contribution in [0.1, 0.15) is 83.1 Å². The van der Waals surface area contributed by atoms with Crippen LogP contribution in [0.15, 0.2) is 54.6 Å². The summed E-state index contributed by atoms with van der Waals surface area (Å²) < 4.78 is 0. The Labute approximate surface area is 269 Å². The first-order valence-electron chi connectivity index (χ1n) is 16.6. The lowest BCUT2D eigenvalue weighted by atomic mass is 10.2. The summed E-state index contributed by atoms with van der Waals surface area (Å²) in [5.74, 6) is 0. The van der Waals surface area contributed by atoms with E-state index in [1.54, 1.807) is 10.4 Å². The molecule has 42 heavy (non-hydrogen) atoms. The van der Waals surface area contributed by atoms with Gasteiger partial charge in [-0.15, -0.1) is 0 Å². The fourth-order valence-corrected chi connectivity index (χ4v) is 101. The molecule has 0 atom stereocenters. The van der Waals surface area contributed by atoms with Crippen LogP contribution in [0.5, 0.6) is 0 Å². The van der Waals surface area contributed by atoms with E-state index in [9.17, 15) is 0 Å². The molecule has 0 amide bonds. The molecular formula is C36H70Si6. The Morgan fingerprint density at radius 1 is 0.500 bits per heavy atom. The molecule has 0 aromatic heterocycles. The molecule has 1 aromatic rings. The minimum absolute atomic E-state index is 0.327. The largest absolute Gasteiger partial charge is 0.0857 e. The molecular weight excluding hydrogens is 601 g/mol. The zero-order chi connectivity index (χ0) is 33.2. The van der Waals surface area contributed by atoms with Crippen molar-refractivity contribution in [1.29, 1.82) is 0 Å². The average Bonchev–Trinajstić information content (AvgIpc) is 2.77. The van der Waals surface area contributed by atoms with Crippen molar-refractivity contribution >= 4 is 55.3 Å². The van der Waals surface area contributed by atoms with Crippen LogP contribution in [0.4, 0.5) is 0 Å². The predicted octanol–water partition coefficient (Wildman–Crippen LogP) is 11.4. The van der Waals surface area contributed by atoms with Gasteiger partial charge in [0.1, 0.15) is 0 Å². The average molecular weight is 671 g/mol. The summed E-state index contributed by atoms with van der Waals surface area (Å²) >= 11 is 0. The fourth-order valence-electron chi connectivity index (χ4n) is 7.66. The molecule has 0 heterocycles. The Balaban J connectivity index is 3.10. The van der Waals surface area contributed by atoms with Gasteiger partial charge >= 0.3 is 0 Å². The van der Waals surface area contributed by atoms with Gasteiger partial charge in [0.25, 0.3) is 0 Å². The van der Waals surface area contributed by atoms with E-state index in [1.165, 1.54) is 0 Å². The Hall–Kier alpha value is -0.129. The fraction of sp³-hybridized carbons (Fsp3) is 0.694. The van der Waals surface area contributed by atoms with Crippen molar-refractivity contribution in [2.24, 2.45) is 0 Å². The third-order valence-corrected chi connectivity index (χ3v) is 95.0. The van der Waals surface area contributed by atoms with Crippen LogP contribution in [0, 0.1) is 0 Å². The van der Waals surface area contributed by atoms with E-state index < -0.39 is 44.9 Å². The number of benzene rings is 1. The summed E-state index contributed by atoms with van der Waals surface area (Å²) in [7, 11) is -9.62. The van der Waals surface area contributed by atoms with Crippen LogP contribution < -0.4 is 5.19 Å². The Kier molecular flexibility index (Phi) is 10.5. The van der Waals surface area contributed by atoms with Crippen LogP contribution in [0.3, 0.4) is 0 Å². The lowest BCUT2D eigenvalue weighted by molar-refractivity contribution is 0.724. The maximum Gasteiger partial charge on any atom is 0.0857 e.